The molecular weight excluding hydrogens is 584 g/mol. The summed E-state index contributed by atoms with van der Waals surface area (Å²) in [6.45, 7) is 3.28. The van der Waals surface area contributed by atoms with Gasteiger partial charge in [0.05, 0.1) is 46.2 Å². The number of aromatic nitrogens is 3. The van der Waals surface area contributed by atoms with Crippen LogP contribution in [-0.4, -0.2) is 58.5 Å². The van der Waals surface area contributed by atoms with Crippen LogP contribution in [0.2, 0.25) is 5.02 Å². The van der Waals surface area contributed by atoms with E-state index in [1.807, 2.05) is 11.7 Å². The van der Waals surface area contributed by atoms with Gasteiger partial charge in [-0.15, -0.1) is 0 Å². The average molecular weight is 615 g/mol. The molecule has 226 valence electrons. The Bertz CT molecular complexity index is 1730. The molecule has 2 fully saturated rings. The van der Waals surface area contributed by atoms with Crippen molar-refractivity contribution in [3.8, 4) is 23.1 Å². The second-order valence-corrected chi connectivity index (χ2v) is 11.9. The van der Waals surface area contributed by atoms with E-state index in [9.17, 15) is 18.4 Å². The molecule has 12 heteroatoms. The third-order valence-electron chi connectivity index (χ3n) is 8.75. The van der Waals surface area contributed by atoms with E-state index >= 15 is 4.39 Å². The second kappa shape index (κ2) is 11.6. The number of hydrogen-bond acceptors (Lipinski definition) is 6. The Morgan fingerprint density at radius 3 is 2.77 bits per heavy atom. The van der Waals surface area contributed by atoms with Gasteiger partial charge in [-0.2, -0.15) is 23.5 Å². The highest BCUT2D eigenvalue weighted by Crippen LogP contribution is 2.45. The van der Waals surface area contributed by atoms with Gasteiger partial charge >= 0.3 is 6.18 Å². The van der Waals surface area contributed by atoms with Crippen LogP contribution < -0.4 is 10.1 Å². The Balaban J connectivity index is 1.57. The summed E-state index contributed by atoms with van der Waals surface area (Å²) in [5.74, 6) is -0.784. The number of fused-ring (bicyclic) bond motifs is 3. The molecule has 4 heterocycles. The number of nitrogens with one attached hydrogen (secondary N) is 1. The van der Waals surface area contributed by atoms with Crippen molar-refractivity contribution in [1.82, 2.24) is 25.0 Å². The molecule has 3 atom stereocenters. The Morgan fingerprint density at radius 2 is 2.05 bits per heavy atom. The van der Waals surface area contributed by atoms with Gasteiger partial charge in [-0.25, -0.2) is 9.37 Å². The van der Waals surface area contributed by atoms with Crippen LogP contribution in [0.25, 0.3) is 32.9 Å². The van der Waals surface area contributed by atoms with E-state index in [1.54, 1.807) is 6.20 Å². The summed E-state index contributed by atoms with van der Waals surface area (Å²) in [4.78, 5) is 6.76. The van der Waals surface area contributed by atoms with E-state index in [4.69, 9.17) is 16.3 Å². The number of hydrogen-bond donors (Lipinski definition) is 1. The topological polar surface area (TPSA) is 79.0 Å². The third-order valence-corrected chi connectivity index (χ3v) is 9.05. The van der Waals surface area contributed by atoms with E-state index in [1.165, 1.54) is 31.2 Å². The molecule has 4 aromatic rings. The van der Waals surface area contributed by atoms with Crippen LogP contribution in [-0.2, 0) is 6.18 Å². The van der Waals surface area contributed by atoms with Crippen molar-refractivity contribution in [3.05, 3.63) is 52.4 Å². The minimum Gasteiger partial charge on any atom is -0.475 e. The first-order valence-electron chi connectivity index (χ1n) is 14.4. The number of benzene rings is 2. The standard InChI is InChI=1S/C31H31ClF4N6O/c1-17-5-3-7-21(26(17)31(34,35)36)25-24(32)14-22-28(27(25)33)40-30(43-16-20-6-4-12-41(20)2)23-15-39-42(29(22)23)19-9-11-38-18(13-19)8-10-37/h3,5,7,14-15,18-20,38H,4,6,8-9,11-13,16H2,1-2H3/t18-,19+,20+/m1/s1. The Hall–Kier alpha value is -3.46. The van der Waals surface area contributed by atoms with Gasteiger partial charge in [-0.1, -0.05) is 29.8 Å². The van der Waals surface area contributed by atoms with Crippen molar-refractivity contribution >= 4 is 33.4 Å². The number of likely N-dealkylation sites (N-methyl/N-ethyl adjacent to an activating group) is 1. The highest BCUT2D eigenvalue weighted by Gasteiger charge is 2.37. The van der Waals surface area contributed by atoms with Crippen LogP contribution in [0.3, 0.4) is 0 Å². The number of nitrogens with zero attached hydrogens (tertiary/aromatic N) is 5. The van der Waals surface area contributed by atoms with Gasteiger partial charge in [0.1, 0.15) is 12.1 Å². The molecular formula is C31H31ClF4N6O. The van der Waals surface area contributed by atoms with Crippen LogP contribution in [0.15, 0.2) is 30.5 Å². The number of likely N-dealkylation sites (tertiary alicyclic amines) is 1. The first-order valence-corrected chi connectivity index (χ1v) is 14.8. The molecule has 2 saturated heterocycles. The van der Waals surface area contributed by atoms with E-state index < -0.39 is 17.6 Å². The number of halogens is 5. The molecule has 6 rings (SSSR count). The lowest BCUT2D eigenvalue weighted by Crippen LogP contribution is -2.38. The zero-order valence-electron chi connectivity index (χ0n) is 23.8. The van der Waals surface area contributed by atoms with Crippen molar-refractivity contribution in [2.24, 2.45) is 0 Å². The summed E-state index contributed by atoms with van der Waals surface area (Å²) in [6.07, 6.45) is 0.586. The van der Waals surface area contributed by atoms with Crippen LogP contribution in [0.4, 0.5) is 17.6 Å². The number of aryl methyl sites for hydroxylation is 1. The lowest BCUT2D eigenvalue weighted by Gasteiger charge is -2.30. The fourth-order valence-corrected chi connectivity index (χ4v) is 6.86. The van der Waals surface area contributed by atoms with Gasteiger partial charge in [-0.05, 0) is 69.9 Å². The fraction of sp³-hybridized carbons (Fsp3) is 0.452. The first kappa shape index (κ1) is 29.6. The van der Waals surface area contributed by atoms with Crippen molar-refractivity contribution in [2.75, 3.05) is 26.7 Å². The monoisotopic (exact) mass is 614 g/mol. The Kier molecular flexibility index (Phi) is 7.96. The predicted octanol–water partition coefficient (Wildman–Crippen LogP) is 7.05. The number of alkyl halides is 3. The largest absolute Gasteiger partial charge is 0.475 e. The molecule has 2 aromatic carbocycles. The van der Waals surface area contributed by atoms with E-state index in [2.05, 4.69) is 26.4 Å². The molecule has 0 bridgehead atoms. The van der Waals surface area contributed by atoms with Gasteiger partial charge in [0, 0.05) is 23.0 Å². The zero-order valence-corrected chi connectivity index (χ0v) is 24.6. The van der Waals surface area contributed by atoms with Gasteiger partial charge in [-0.3, -0.25) is 4.68 Å². The van der Waals surface area contributed by atoms with Crippen molar-refractivity contribution in [2.45, 2.75) is 63.3 Å². The smallest absolute Gasteiger partial charge is 0.417 e. The Morgan fingerprint density at radius 1 is 1.23 bits per heavy atom. The van der Waals surface area contributed by atoms with Gasteiger partial charge < -0.3 is 15.0 Å². The summed E-state index contributed by atoms with van der Waals surface area (Å²) in [7, 11) is 2.02. The molecule has 2 aromatic heterocycles. The summed E-state index contributed by atoms with van der Waals surface area (Å²) in [5.41, 5.74) is -1.28. The molecule has 7 nitrogen and oxygen atoms in total. The van der Waals surface area contributed by atoms with Crippen molar-refractivity contribution in [1.29, 1.82) is 5.26 Å². The molecule has 0 amide bonds. The van der Waals surface area contributed by atoms with Crippen molar-refractivity contribution in [3.63, 3.8) is 0 Å². The lowest BCUT2D eigenvalue weighted by atomic mass is 9.93. The third kappa shape index (κ3) is 5.41. The van der Waals surface area contributed by atoms with Crippen LogP contribution in [0, 0.1) is 24.1 Å². The molecule has 2 aliphatic rings. The maximum atomic E-state index is 16.6. The minimum absolute atomic E-state index is 0.0289. The van der Waals surface area contributed by atoms with E-state index in [0.717, 1.165) is 25.8 Å². The summed E-state index contributed by atoms with van der Waals surface area (Å²) >= 11 is 6.64. The average Bonchev–Trinajstić information content (AvgIpc) is 3.58. The van der Waals surface area contributed by atoms with Crippen LogP contribution >= 0.6 is 11.6 Å². The molecule has 0 unspecified atom stereocenters. The summed E-state index contributed by atoms with van der Waals surface area (Å²) < 4.78 is 67.2. The van der Waals surface area contributed by atoms with E-state index in [0.29, 0.717) is 42.3 Å². The van der Waals surface area contributed by atoms with Gasteiger partial charge in [0.25, 0.3) is 0 Å². The predicted molar refractivity (Wildman–Crippen MR) is 157 cm³/mol. The number of pyridine rings is 1. The van der Waals surface area contributed by atoms with Crippen molar-refractivity contribution < 1.29 is 22.3 Å². The Labute approximate surface area is 251 Å². The van der Waals surface area contributed by atoms with Gasteiger partial charge in [0.2, 0.25) is 5.88 Å². The molecule has 0 saturated carbocycles. The zero-order chi connectivity index (χ0) is 30.5. The molecule has 2 aliphatic heterocycles. The molecule has 43 heavy (non-hydrogen) atoms. The molecule has 0 spiro atoms. The summed E-state index contributed by atoms with van der Waals surface area (Å²) in [6, 6.07) is 7.73. The number of rotatable bonds is 6. The summed E-state index contributed by atoms with van der Waals surface area (Å²) in [5, 5.41) is 18.0. The van der Waals surface area contributed by atoms with Crippen LogP contribution in [0.1, 0.15) is 49.3 Å². The van der Waals surface area contributed by atoms with Crippen LogP contribution in [0.5, 0.6) is 5.88 Å². The normalized spacial score (nSPS) is 21.5. The maximum Gasteiger partial charge on any atom is 0.417 e. The second-order valence-electron chi connectivity index (χ2n) is 11.5. The van der Waals surface area contributed by atoms with Gasteiger partial charge in [0.15, 0.2) is 5.82 Å². The molecule has 0 radical (unpaired) electrons. The number of nitriles is 1. The molecule has 0 aliphatic carbocycles. The first-order chi connectivity index (χ1) is 20.6. The lowest BCUT2D eigenvalue weighted by molar-refractivity contribution is -0.137. The SMILES string of the molecule is Cc1cccc(-c2c(Cl)cc3c(nc(OC[C@@H]4CCCN4C)c4cnn([C@H]5CCN[C@H](CC#N)C5)c43)c2F)c1C(F)(F)F. The quantitative estimate of drug-likeness (QED) is 0.235. The number of piperidine rings is 1. The maximum absolute atomic E-state index is 16.6. The molecule has 1 N–H and O–H groups in total. The highest BCUT2D eigenvalue weighted by atomic mass is 35.5. The fourth-order valence-electron chi connectivity index (χ4n) is 6.57. The minimum atomic E-state index is -4.72. The number of ether oxygens (including phenoxy) is 1. The highest BCUT2D eigenvalue weighted by molar-refractivity contribution is 6.34. The van der Waals surface area contributed by atoms with E-state index in [-0.39, 0.29) is 51.2 Å².